The smallest absolute Gasteiger partial charge is 0.255 e. The lowest BCUT2D eigenvalue weighted by molar-refractivity contribution is -0.129. The number of benzene rings is 1. The molecule has 0 aliphatic carbocycles. The quantitative estimate of drug-likeness (QED) is 0.883. The maximum absolute atomic E-state index is 12.9. The molecule has 0 radical (unpaired) electrons. The zero-order valence-corrected chi connectivity index (χ0v) is 12.2. The predicted molar refractivity (Wildman–Crippen MR) is 81.0 cm³/mol. The van der Waals surface area contributed by atoms with Gasteiger partial charge in [-0.25, -0.2) is 0 Å². The lowest BCUT2D eigenvalue weighted by atomic mass is 9.98. The third kappa shape index (κ3) is 2.28. The second-order valence-electron chi connectivity index (χ2n) is 5.72. The highest BCUT2D eigenvalue weighted by atomic mass is 16.2. The van der Waals surface area contributed by atoms with Crippen LogP contribution in [-0.4, -0.2) is 40.8 Å². The van der Waals surface area contributed by atoms with Crippen molar-refractivity contribution >= 4 is 22.7 Å². The van der Waals surface area contributed by atoms with Gasteiger partial charge in [-0.05, 0) is 24.1 Å². The number of piperazine rings is 1. The van der Waals surface area contributed by atoms with Crippen LogP contribution in [0, 0.1) is 5.92 Å². The van der Waals surface area contributed by atoms with Crippen LogP contribution in [-0.2, 0) is 4.79 Å². The third-order valence-electron chi connectivity index (χ3n) is 3.97. The minimum absolute atomic E-state index is 0.0640. The molecular weight excluding hydrogens is 266 g/mol. The van der Waals surface area contributed by atoms with E-state index < -0.39 is 6.04 Å². The lowest BCUT2D eigenvalue weighted by Gasteiger charge is -2.37. The van der Waals surface area contributed by atoms with Gasteiger partial charge in [0.25, 0.3) is 5.91 Å². The maximum Gasteiger partial charge on any atom is 0.255 e. The number of nitrogens with zero attached hydrogens (tertiary/aromatic N) is 1. The van der Waals surface area contributed by atoms with E-state index in [1.807, 2.05) is 44.3 Å². The second kappa shape index (κ2) is 5.24. The molecule has 2 aromatic rings. The van der Waals surface area contributed by atoms with Crippen molar-refractivity contribution in [2.75, 3.05) is 13.1 Å². The largest absolute Gasteiger partial charge is 0.361 e. The molecule has 2 heterocycles. The van der Waals surface area contributed by atoms with Crippen molar-refractivity contribution in [2.24, 2.45) is 5.92 Å². The van der Waals surface area contributed by atoms with Crippen molar-refractivity contribution in [1.29, 1.82) is 0 Å². The average Bonchev–Trinajstić information content (AvgIpc) is 2.94. The number of fused-ring (bicyclic) bond motifs is 1. The molecule has 1 aliphatic heterocycles. The van der Waals surface area contributed by atoms with Crippen LogP contribution in [0.3, 0.4) is 0 Å². The van der Waals surface area contributed by atoms with Crippen molar-refractivity contribution in [3.05, 3.63) is 36.0 Å². The normalized spacial score (nSPS) is 19.1. The van der Waals surface area contributed by atoms with E-state index in [1.54, 1.807) is 4.90 Å². The van der Waals surface area contributed by atoms with Crippen molar-refractivity contribution < 1.29 is 9.59 Å². The van der Waals surface area contributed by atoms with Gasteiger partial charge in [-0.1, -0.05) is 19.9 Å². The van der Waals surface area contributed by atoms with Crippen LogP contribution >= 0.6 is 0 Å². The Morgan fingerprint density at radius 3 is 2.90 bits per heavy atom. The van der Waals surface area contributed by atoms with Gasteiger partial charge in [0.1, 0.15) is 6.04 Å². The van der Waals surface area contributed by atoms with Crippen LogP contribution in [0.15, 0.2) is 30.5 Å². The summed E-state index contributed by atoms with van der Waals surface area (Å²) in [5, 5.41) is 3.74. The fourth-order valence-electron chi connectivity index (χ4n) is 3.00. The Morgan fingerprint density at radius 2 is 2.14 bits per heavy atom. The van der Waals surface area contributed by atoms with Gasteiger partial charge in [-0.3, -0.25) is 9.59 Å². The minimum atomic E-state index is -0.402. The molecule has 1 fully saturated rings. The van der Waals surface area contributed by atoms with Crippen LogP contribution in [0.2, 0.25) is 0 Å². The molecule has 1 aliphatic rings. The van der Waals surface area contributed by atoms with E-state index in [0.29, 0.717) is 18.7 Å². The van der Waals surface area contributed by atoms with Gasteiger partial charge < -0.3 is 15.2 Å². The third-order valence-corrected chi connectivity index (χ3v) is 3.97. The Hall–Kier alpha value is -2.30. The molecule has 110 valence electrons. The minimum Gasteiger partial charge on any atom is -0.361 e. The molecule has 21 heavy (non-hydrogen) atoms. The van der Waals surface area contributed by atoms with Gasteiger partial charge in [0, 0.05) is 35.8 Å². The molecule has 3 rings (SSSR count). The molecule has 5 heteroatoms. The number of hydrogen-bond donors (Lipinski definition) is 2. The Labute approximate surface area is 123 Å². The maximum atomic E-state index is 12.9. The summed E-state index contributed by atoms with van der Waals surface area (Å²) in [5.41, 5.74) is 1.58. The first-order valence-electron chi connectivity index (χ1n) is 7.24. The van der Waals surface area contributed by atoms with Crippen molar-refractivity contribution in [2.45, 2.75) is 19.9 Å². The first-order chi connectivity index (χ1) is 10.1. The number of amides is 2. The van der Waals surface area contributed by atoms with Crippen LogP contribution in [0.4, 0.5) is 0 Å². The summed E-state index contributed by atoms with van der Waals surface area (Å²) in [6.45, 7) is 4.99. The lowest BCUT2D eigenvalue weighted by Crippen LogP contribution is -2.59. The van der Waals surface area contributed by atoms with E-state index in [2.05, 4.69) is 10.3 Å². The number of carbonyl (C=O) groups excluding carboxylic acids is 2. The molecule has 1 aromatic carbocycles. The molecule has 0 saturated carbocycles. The van der Waals surface area contributed by atoms with Gasteiger partial charge in [-0.15, -0.1) is 0 Å². The molecule has 1 aromatic heterocycles. The number of carbonyl (C=O) groups is 2. The van der Waals surface area contributed by atoms with Gasteiger partial charge in [0.05, 0.1) is 0 Å². The Morgan fingerprint density at radius 1 is 1.33 bits per heavy atom. The van der Waals surface area contributed by atoms with Crippen LogP contribution < -0.4 is 5.32 Å². The van der Waals surface area contributed by atoms with Crippen LogP contribution in [0.25, 0.3) is 10.9 Å². The van der Waals surface area contributed by atoms with E-state index in [-0.39, 0.29) is 17.7 Å². The van der Waals surface area contributed by atoms with Gasteiger partial charge in [0.15, 0.2) is 0 Å². The van der Waals surface area contributed by atoms with Crippen molar-refractivity contribution in [3.8, 4) is 0 Å². The average molecular weight is 285 g/mol. The van der Waals surface area contributed by atoms with E-state index in [4.69, 9.17) is 0 Å². The summed E-state index contributed by atoms with van der Waals surface area (Å²) >= 11 is 0. The van der Waals surface area contributed by atoms with Gasteiger partial charge in [-0.2, -0.15) is 0 Å². The highest BCUT2D eigenvalue weighted by Gasteiger charge is 2.35. The molecule has 0 bridgehead atoms. The number of hydrogen-bond acceptors (Lipinski definition) is 2. The zero-order chi connectivity index (χ0) is 15.0. The fourth-order valence-corrected chi connectivity index (χ4v) is 3.00. The Balaban J connectivity index is 2.00. The SMILES string of the molecule is CC(C)[C@H]1C(=O)NCCN1C(=O)c1cccc2[nH]ccc12. The second-order valence-corrected chi connectivity index (χ2v) is 5.72. The number of H-pyrrole nitrogens is 1. The molecule has 5 nitrogen and oxygen atoms in total. The summed E-state index contributed by atoms with van der Waals surface area (Å²) < 4.78 is 0. The molecule has 1 saturated heterocycles. The Bertz CT molecular complexity index is 690. The van der Waals surface area contributed by atoms with Crippen molar-refractivity contribution in [3.63, 3.8) is 0 Å². The molecule has 0 unspecified atom stereocenters. The fraction of sp³-hybridized carbons (Fsp3) is 0.375. The standard InChI is InChI=1S/C16H19N3O2/c1-10(2)14-15(20)18-8-9-19(14)16(21)12-4-3-5-13-11(12)6-7-17-13/h3-7,10,14,17H,8-9H2,1-2H3,(H,18,20)/t14-/m0/s1. The molecular formula is C16H19N3O2. The van der Waals surface area contributed by atoms with E-state index in [0.717, 1.165) is 10.9 Å². The van der Waals surface area contributed by atoms with E-state index >= 15 is 0 Å². The topological polar surface area (TPSA) is 65.2 Å². The molecule has 2 N–H and O–H groups in total. The summed E-state index contributed by atoms with van der Waals surface area (Å²) in [6.07, 6.45) is 1.82. The summed E-state index contributed by atoms with van der Waals surface area (Å²) in [5.74, 6) is -0.0562. The van der Waals surface area contributed by atoms with Gasteiger partial charge in [0.2, 0.25) is 5.91 Å². The van der Waals surface area contributed by atoms with E-state index in [1.165, 1.54) is 0 Å². The number of nitrogens with one attached hydrogen (secondary N) is 2. The summed E-state index contributed by atoms with van der Waals surface area (Å²) in [4.78, 5) is 29.8. The van der Waals surface area contributed by atoms with Gasteiger partial charge >= 0.3 is 0 Å². The van der Waals surface area contributed by atoms with Crippen LogP contribution in [0.5, 0.6) is 0 Å². The highest BCUT2D eigenvalue weighted by Crippen LogP contribution is 2.22. The first kappa shape index (κ1) is 13.7. The predicted octanol–water partition coefficient (Wildman–Crippen LogP) is 1.76. The summed E-state index contributed by atoms with van der Waals surface area (Å²) in [7, 11) is 0. The molecule has 0 spiro atoms. The molecule has 1 atom stereocenters. The number of aromatic amines is 1. The Kier molecular flexibility index (Phi) is 3.41. The highest BCUT2D eigenvalue weighted by molar-refractivity contribution is 6.07. The van der Waals surface area contributed by atoms with E-state index in [9.17, 15) is 9.59 Å². The monoisotopic (exact) mass is 285 g/mol. The first-order valence-corrected chi connectivity index (χ1v) is 7.24. The summed E-state index contributed by atoms with van der Waals surface area (Å²) in [6, 6.07) is 7.12. The molecule has 2 amide bonds. The number of rotatable bonds is 2. The number of aromatic nitrogens is 1. The van der Waals surface area contributed by atoms with Crippen LogP contribution in [0.1, 0.15) is 24.2 Å². The zero-order valence-electron chi connectivity index (χ0n) is 12.2. The van der Waals surface area contributed by atoms with Crippen molar-refractivity contribution in [1.82, 2.24) is 15.2 Å².